The number of benzene rings is 2. The van der Waals surface area contributed by atoms with Gasteiger partial charge in [0.1, 0.15) is 0 Å². The van der Waals surface area contributed by atoms with Gasteiger partial charge in [0.05, 0.1) is 4.92 Å². The molecule has 0 heterocycles. The molecule has 0 atom stereocenters. The number of hydrogen-bond donors (Lipinski definition) is 1. The van der Waals surface area contributed by atoms with E-state index in [4.69, 9.17) is 0 Å². The zero-order valence-corrected chi connectivity index (χ0v) is 16.3. The van der Waals surface area contributed by atoms with Crippen LogP contribution in [0.1, 0.15) is 53.6 Å². The summed E-state index contributed by atoms with van der Waals surface area (Å²) in [4.78, 5) is 25.1. The van der Waals surface area contributed by atoms with Crippen LogP contribution < -0.4 is 5.32 Å². The number of non-ortho nitro benzene ring substituents is 1. The summed E-state index contributed by atoms with van der Waals surface area (Å²) < 4.78 is 0. The fraction of sp³-hybridized carbons (Fsp3) is 0.409. The molecular formula is C22H27N3O3. The Bertz CT molecular complexity index is 814. The minimum absolute atomic E-state index is 0.0207. The molecule has 0 aliphatic heterocycles. The molecule has 3 rings (SSSR count). The number of nitro groups is 1. The molecule has 6 heteroatoms. The maximum atomic E-state index is 12.4. The van der Waals surface area contributed by atoms with Crippen LogP contribution in [0.2, 0.25) is 0 Å². The summed E-state index contributed by atoms with van der Waals surface area (Å²) >= 11 is 0. The van der Waals surface area contributed by atoms with Gasteiger partial charge < -0.3 is 5.32 Å². The van der Waals surface area contributed by atoms with Gasteiger partial charge in [-0.25, -0.2) is 0 Å². The molecule has 1 amide bonds. The minimum atomic E-state index is -0.471. The van der Waals surface area contributed by atoms with Gasteiger partial charge in [-0.3, -0.25) is 19.8 Å². The maximum Gasteiger partial charge on any atom is 0.269 e. The van der Waals surface area contributed by atoms with E-state index in [0.29, 0.717) is 18.2 Å². The molecule has 1 N–H and O–H groups in total. The lowest BCUT2D eigenvalue weighted by molar-refractivity contribution is -0.384. The van der Waals surface area contributed by atoms with Crippen LogP contribution in [0.15, 0.2) is 48.5 Å². The van der Waals surface area contributed by atoms with Gasteiger partial charge in [0.25, 0.3) is 11.6 Å². The molecule has 0 unspecified atom stereocenters. The molecule has 1 aliphatic carbocycles. The summed E-state index contributed by atoms with van der Waals surface area (Å²) in [7, 11) is 2.18. The Morgan fingerprint density at radius 3 is 2.36 bits per heavy atom. The third-order valence-corrected chi connectivity index (χ3v) is 5.52. The van der Waals surface area contributed by atoms with Crippen LogP contribution >= 0.6 is 0 Å². The van der Waals surface area contributed by atoms with Gasteiger partial charge in [0.15, 0.2) is 0 Å². The number of carbonyl (C=O) groups excluding carboxylic acids is 1. The Morgan fingerprint density at radius 2 is 1.71 bits per heavy atom. The number of rotatable bonds is 7. The first kappa shape index (κ1) is 20.0. The molecule has 1 fully saturated rings. The monoisotopic (exact) mass is 381 g/mol. The molecule has 0 saturated heterocycles. The molecule has 2 aromatic rings. The second-order valence-corrected chi connectivity index (χ2v) is 7.46. The predicted molar refractivity (Wildman–Crippen MR) is 109 cm³/mol. The van der Waals surface area contributed by atoms with Crippen LogP contribution in [-0.4, -0.2) is 28.8 Å². The Morgan fingerprint density at radius 1 is 1.07 bits per heavy atom. The number of amides is 1. The van der Waals surface area contributed by atoms with Gasteiger partial charge in [-0.05, 0) is 43.1 Å². The minimum Gasteiger partial charge on any atom is -0.348 e. The van der Waals surface area contributed by atoms with Crippen molar-refractivity contribution in [3.8, 4) is 0 Å². The lowest BCUT2D eigenvalue weighted by Crippen LogP contribution is -2.33. The van der Waals surface area contributed by atoms with Gasteiger partial charge in [0, 0.05) is 36.8 Å². The van der Waals surface area contributed by atoms with Crippen LogP contribution in [0.4, 0.5) is 5.69 Å². The Kier molecular flexibility index (Phi) is 6.76. The summed E-state index contributed by atoms with van der Waals surface area (Å²) in [5, 5.41) is 13.7. The van der Waals surface area contributed by atoms with Crippen LogP contribution in [0.25, 0.3) is 0 Å². The Labute approximate surface area is 165 Å². The Balaban J connectivity index is 1.61. The fourth-order valence-corrected chi connectivity index (χ4v) is 3.82. The molecule has 6 nitrogen and oxygen atoms in total. The SMILES string of the molecule is CN(Cc1ccccc1CNC(=O)c1ccc([N+](=O)[O-])cc1)C1CCCCC1. The second kappa shape index (κ2) is 9.46. The van der Waals surface area contributed by atoms with Gasteiger partial charge in [0.2, 0.25) is 0 Å². The first-order chi connectivity index (χ1) is 13.5. The van der Waals surface area contributed by atoms with Crippen molar-refractivity contribution in [2.75, 3.05) is 7.05 Å². The van der Waals surface area contributed by atoms with E-state index >= 15 is 0 Å². The molecule has 0 spiro atoms. The van der Waals surface area contributed by atoms with Crippen LogP contribution in [-0.2, 0) is 13.1 Å². The number of nitro benzene ring substituents is 1. The zero-order valence-electron chi connectivity index (χ0n) is 16.3. The van der Waals surface area contributed by atoms with Gasteiger partial charge >= 0.3 is 0 Å². The average molecular weight is 381 g/mol. The van der Waals surface area contributed by atoms with Crippen molar-refractivity contribution in [1.82, 2.24) is 10.2 Å². The van der Waals surface area contributed by atoms with E-state index < -0.39 is 4.92 Å². The topological polar surface area (TPSA) is 75.5 Å². The summed E-state index contributed by atoms with van der Waals surface area (Å²) in [6.07, 6.45) is 6.48. The quantitative estimate of drug-likeness (QED) is 0.573. The molecule has 1 saturated carbocycles. The molecular weight excluding hydrogens is 354 g/mol. The third kappa shape index (κ3) is 5.16. The van der Waals surface area contributed by atoms with E-state index in [1.807, 2.05) is 18.2 Å². The zero-order chi connectivity index (χ0) is 19.9. The number of nitrogens with zero attached hydrogens (tertiary/aromatic N) is 2. The third-order valence-electron chi connectivity index (χ3n) is 5.52. The van der Waals surface area contributed by atoms with Crippen molar-refractivity contribution in [1.29, 1.82) is 0 Å². The molecule has 0 aromatic heterocycles. The lowest BCUT2D eigenvalue weighted by atomic mass is 9.94. The predicted octanol–water partition coefficient (Wildman–Crippen LogP) is 4.29. The first-order valence-electron chi connectivity index (χ1n) is 9.84. The van der Waals surface area contributed by atoms with E-state index in [9.17, 15) is 14.9 Å². The molecule has 0 bridgehead atoms. The van der Waals surface area contributed by atoms with Gasteiger partial charge in [-0.2, -0.15) is 0 Å². The molecule has 148 valence electrons. The normalized spacial score (nSPS) is 14.8. The summed E-state index contributed by atoms with van der Waals surface area (Å²) in [5.41, 5.74) is 2.72. The molecule has 2 aromatic carbocycles. The fourth-order valence-electron chi connectivity index (χ4n) is 3.82. The molecule has 1 aliphatic rings. The number of nitrogens with one attached hydrogen (secondary N) is 1. The summed E-state index contributed by atoms with van der Waals surface area (Å²) in [5.74, 6) is -0.231. The lowest BCUT2D eigenvalue weighted by Gasteiger charge is -2.31. The van der Waals surface area contributed by atoms with Crippen LogP contribution in [0.3, 0.4) is 0 Å². The summed E-state index contributed by atoms with van der Waals surface area (Å²) in [6, 6.07) is 14.5. The number of carbonyl (C=O) groups is 1. The van der Waals surface area contributed by atoms with Crippen molar-refractivity contribution in [3.63, 3.8) is 0 Å². The van der Waals surface area contributed by atoms with E-state index in [1.165, 1.54) is 61.9 Å². The van der Waals surface area contributed by atoms with Crippen LogP contribution in [0, 0.1) is 10.1 Å². The van der Waals surface area contributed by atoms with Crippen LogP contribution in [0.5, 0.6) is 0 Å². The summed E-state index contributed by atoms with van der Waals surface area (Å²) in [6.45, 7) is 1.30. The Hall–Kier alpha value is -2.73. The maximum absolute atomic E-state index is 12.4. The van der Waals surface area contributed by atoms with E-state index in [2.05, 4.69) is 23.3 Å². The van der Waals surface area contributed by atoms with E-state index in [-0.39, 0.29) is 11.6 Å². The van der Waals surface area contributed by atoms with Crippen molar-refractivity contribution in [2.24, 2.45) is 0 Å². The molecule has 28 heavy (non-hydrogen) atoms. The first-order valence-corrected chi connectivity index (χ1v) is 9.84. The average Bonchev–Trinajstić information content (AvgIpc) is 2.73. The van der Waals surface area contributed by atoms with Crippen molar-refractivity contribution in [2.45, 2.75) is 51.2 Å². The highest BCUT2D eigenvalue weighted by atomic mass is 16.6. The highest BCUT2D eigenvalue weighted by Crippen LogP contribution is 2.23. The van der Waals surface area contributed by atoms with Crippen molar-refractivity contribution in [3.05, 3.63) is 75.3 Å². The molecule has 0 radical (unpaired) electrons. The highest BCUT2D eigenvalue weighted by molar-refractivity contribution is 5.94. The van der Waals surface area contributed by atoms with E-state index in [0.717, 1.165) is 12.1 Å². The van der Waals surface area contributed by atoms with E-state index in [1.54, 1.807) is 0 Å². The standard InChI is InChI=1S/C22H27N3O3/c1-24(20-9-3-2-4-10-20)16-19-8-6-5-7-18(19)15-23-22(26)17-11-13-21(14-12-17)25(27)28/h5-8,11-14,20H,2-4,9-10,15-16H2,1H3,(H,23,26). The largest absolute Gasteiger partial charge is 0.348 e. The highest BCUT2D eigenvalue weighted by Gasteiger charge is 2.19. The van der Waals surface area contributed by atoms with Crippen molar-refractivity contribution < 1.29 is 9.72 Å². The second-order valence-electron chi connectivity index (χ2n) is 7.46. The smallest absolute Gasteiger partial charge is 0.269 e. The van der Waals surface area contributed by atoms with Gasteiger partial charge in [-0.1, -0.05) is 43.5 Å². The number of hydrogen-bond acceptors (Lipinski definition) is 4. The van der Waals surface area contributed by atoms with Crippen molar-refractivity contribution >= 4 is 11.6 Å². The van der Waals surface area contributed by atoms with Gasteiger partial charge in [-0.15, -0.1) is 0 Å².